The molecule has 0 spiro atoms. The van der Waals surface area contributed by atoms with Crippen LogP contribution in [0.4, 0.5) is 9.39 Å². The Labute approximate surface area is 207 Å². The Kier molecular flexibility index (Phi) is 6.37. The van der Waals surface area contributed by atoms with Crippen LogP contribution in [0.1, 0.15) is 40.6 Å². The standard InChI is InChI=1S/C24H21FN4O2S3/c1-12(21(31)29-24-18(20(26)30)15-4-2-3-5-17(15)34-24)33-23-19-16(10-32-22(19)27-11-28-23)13-6-8-14(25)9-7-13/h6-12H,2-5H2,1H3,(H2,26,30)(H,29,31). The number of nitrogens with two attached hydrogens (primary N) is 1. The van der Waals surface area contributed by atoms with E-state index in [2.05, 4.69) is 15.3 Å². The van der Waals surface area contributed by atoms with Crippen LogP contribution < -0.4 is 11.1 Å². The van der Waals surface area contributed by atoms with E-state index in [0.29, 0.717) is 15.6 Å². The zero-order valence-electron chi connectivity index (χ0n) is 18.3. The Morgan fingerprint density at radius 3 is 2.71 bits per heavy atom. The van der Waals surface area contributed by atoms with Crippen molar-refractivity contribution in [2.45, 2.75) is 42.9 Å². The molecule has 0 fully saturated rings. The summed E-state index contributed by atoms with van der Waals surface area (Å²) in [4.78, 5) is 36.0. The van der Waals surface area contributed by atoms with E-state index < -0.39 is 11.2 Å². The summed E-state index contributed by atoms with van der Waals surface area (Å²) in [6.45, 7) is 1.80. The minimum Gasteiger partial charge on any atom is -0.365 e. The molecular weight excluding hydrogens is 491 g/mol. The van der Waals surface area contributed by atoms with Crippen molar-refractivity contribution >= 4 is 61.5 Å². The molecule has 2 amide bonds. The first-order chi connectivity index (χ1) is 16.4. The summed E-state index contributed by atoms with van der Waals surface area (Å²) in [6, 6.07) is 6.28. The topological polar surface area (TPSA) is 98.0 Å². The lowest BCUT2D eigenvalue weighted by Crippen LogP contribution is -2.24. The van der Waals surface area contributed by atoms with Gasteiger partial charge in [0.25, 0.3) is 5.91 Å². The number of aryl methyl sites for hydroxylation is 1. The van der Waals surface area contributed by atoms with Gasteiger partial charge in [0, 0.05) is 15.8 Å². The number of carbonyl (C=O) groups excluding carboxylic acids is 2. The van der Waals surface area contributed by atoms with Crippen molar-refractivity contribution in [3.8, 4) is 11.1 Å². The number of rotatable bonds is 6. The predicted molar refractivity (Wildman–Crippen MR) is 136 cm³/mol. The number of hydrogen-bond donors (Lipinski definition) is 2. The molecule has 174 valence electrons. The van der Waals surface area contributed by atoms with E-state index in [-0.39, 0.29) is 11.7 Å². The third-order valence-electron chi connectivity index (χ3n) is 5.80. The van der Waals surface area contributed by atoms with E-state index in [4.69, 9.17) is 5.73 Å². The molecule has 34 heavy (non-hydrogen) atoms. The van der Waals surface area contributed by atoms with Crippen LogP contribution in [0.15, 0.2) is 41.0 Å². The molecule has 5 rings (SSSR count). The molecule has 3 aromatic heterocycles. The maximum absolute atomic E-state index is 13.4. The maximum atomic E-state index is 13.4. The van der Waals surface area contributed by atoms with Gasteiger partial charge in [0.15, 0.2) is 0 Å². The largest absolute Gasteiger partial charge is 0.365 e. The van der Waals surface area contributed by atoms with Gasteiger partial charge >= 0.3 is 0 Å². The van der Waals surface area contributed by atoms with Gasteiger partial charge in [-0.1, -0.05) is 23.9 Å². The van der Waals surface area contributed by atoms with E-state index in [1.807, 2.05) is 5.38 Å². The second kappa shape index (κ2) is 9.44. The van der Waals surface area contributed by atoms with Crippen molar-refractivity contribution < 1.29 is 14.0 Å². The van der Waals surface area contributed by atoms with Crippen LogP contribution in [0.5, 0.6) is 0 Å². The van der Waals surface area contributed by atoms with Gasteiger partial charge in [-0.25, -0.2) is 14.4 Å². The first-order valence-corrected chi connectivity index (χ1v) is 13.4. The van der Waals surface area contributed by atoms with E-state index in [0.717, 1.165) is 57.5 Å². The lowest BCUT2D eigenvalue weighted by molar-refractivity contribution is -0.115. The molecule has 3 heterocycles. The number of benzene rings is 1. The number of amides is 2. The van der Waals surface area contributed by atoms with Gasteiger partial charge in [0.2, 0.25) is 5.91 Å². The summed E-state index contributed by atoms with van der Waals surface area (Å²) in [5, 5.41) is 6.47. The highest BCUT2D eigenvalue weighted by Gasteiger charge is 2.27. The van der Waals surface area contributed by atoms with Crippen LogP contribution in [0.25, 0.3) is 21.3 Å². The summed E-state index contributed by atoms with van der Waals surface area (Å²) in [7, 11) is 0. The number of nitrogens with one attached hydrogen (secondary N) is 1. The second-order valence-electron chi connectivity index (χ2n) is 8.04. The first-order valence-electron chi connectivity index (χ1n) is 10.8. The molecular formula is C24H21FN4O2S3. The summed E-state index contributed by atoms with van der Waals surface area (Å²) >= 11 is 4.25. The predicted octanol–water partition coefficient (Wildman–Crippen LogP) is 5.66. The number of carbonyl (C=O) groups is 2. The minimum atomic E-state index is -0.505. The number of fused-ring (bicyclic) bond motifs is 2. The monoisotopic (exact) mass is 512 g/mol. The number of thiophene rings is 2. The molecule has 6 nitrogen and oxygen atoms in total. The Bertz CT molecular complexity index is 1400. The molecule has 4 aromatic rings. The summed E-state index contributed by atoms with van der Waals surface area (Å²) in [5.74, 6) is -1.03. The Morgan fingerprint density at radius 2 is 1.94 bits per heavy atom. The highest BCUT2D eigenvalue weighted by Crippen LogP contribution is 2.40. The van der Waals surface area contributed by atoms with Gasteiger partial charge in [-0.05, 0) is 55.9 Å². The number of halogens is 1. The molecule has 1 unspecified atom stereocenters. The normalized spacial score (nSPS) is 14.1. The Morgan fingerprint density at radius 1 is 1.18 bits per heavy atom. The molecule has 1 aliphatic carbocycles. The summed E-state index contributed by atoms with van der Waals surface area (Å²) in [6.07, 6.45) is 5.30. The molecule has 0 radical (unpaired) electrons. The highest BCUT2D eigenvalue weighted by molar-refractivity contribution is 8.00. The van der Waals surface area contributed by atoms with Crippen LogP contribution in [0, 0.1) is 5.82 Å². The number of aromatic nitrogens is 2. The zero-order valence-corrected chi connectivity index (χ0v) is 20.7. The van der Waals surface area contributed by atoms with Gasteiger partial charge in [0.05, 0.1) is 16.2 Å². The smallest absolute Gasteiger partial charge is 0.251 e. The van der Waals surface area contributed by atoms with Crippen molar-refractivity contribution in [3.63, 3.8) is 0 Å². The summed E-state index contributed by atoms with van der Waals surface area (Å²) < 4.78 is 13.4. The maximum Gasteiger partial charge on any atom is 0.251 e. The fourth-order valence-corrected chi connectivity index (χ4v) is 7.34. The lowest BCUT2D eigenvalue weighted by atomic mass is 9.95. The molecule has 0 saturated carbocycles. The number of nitrogens with zero attached hydrogens (tertiary/aromatic N) is 2. The summed E-state index contributed by atoms with van der Waals surface area (Å²) in [5.41, 5.74) is 8.86. The third kappa shape index (κ3) is 4.33. The van der Waals surface area contributed by atoms with E-state index >= 15 is 0 Å². The van der Waals surface area contributed by atoms with E-state index in [1.54, 1.807) is 19.1 Å². The molecule has 1 atom stereocenters. The molecule has 0 aliphatic heterocycles. The molecule has 3 N–H and O–H groups in total. The highest BCUT2D eigenvalue weighted by atomic mass is 32.2. The van der Waals surface area contributed by atoms with Gasteiger partial charge in [-0.2, -0.15) is 0 Å². The van der Waals surface area contributed by atoms with Gasteiger partial charge in [0.1, 0.15) is 27.0 Å². The molecule has 1 aromatic carbocycles. The Balaban J connectivity index is 1.41. The van der Waals surface area contributed by atoms with Crippen LogP contribution in [0.3, 0.4) is 0 Å². The van der Waals surface area contributed by atoms with Gasteiger partial charge in [-0.3, -0.25) is 9.59 Å². The van der Waals surface area contributed by atoms with Crippen LogP contribution in [0.2, 0.25) is 0 Å². The van der Waals surface area contributed by atoms with Crippen molar-refractivity contribution in [3.05, 3.63) is 57.8 Å². The molecule has 0 saturated heterocycles. The number of primary amides is 1. The van der Waals surface area contributed by atoms with Crippen LogP contribution in [-0.4, -0.2) is 27.0 Å². The van der Waals surface area contributed by atoms with Crippen molar-refractivity contribution in [2.75, 3.05) is 5.32 Å². The average Bonchev–Trinajstić information content (AvgIpc) is 3.41. The zero-order chi connectivity index (χ0) is 23.8. The fraction of sp³-hybridized carbons (Fsp3) is 0.250. The third-order valence-corrected chi connectivity index (χ3v) is 9.00. The van der Waals surface area contributed by atoms with E-state index in [1.165, 1.54) is 52.9 Å². The molecule has 1 aliphatic rings. The molecule has 10 heteroatoms. The van der Waals surface area contributed by atoms with Gasteiger partial charge in [-0.15, -0.1) is 22.7 Å². The average molecular weight is 513 g/mol. The SMILES string of the molecule is CC(Sc1ncnc2scc(-c3ccc(F)cc3)c12)C(=O)Nc1sc2c(c1C(N)=O)CCCC2. The quantitative estimate of drug-likeness (QED) is 0.257. The van der Waals surface area contributed by atoms with Crippen molar-refractivity contribution in [1.29, 1.82) is 0 Å². The first kappa shape index (κ1) is 22.9. The lowest BCUT2D eigenvalue weighted by Gasteiger charge is -2.13. The number of thioether (sulfide) groups is 1. The van der Waals surface area contributed by atoms with Crippen LogP contribution >= 0.6 is 34.4 Å². The van der Waals surface area contributed by atoms with Crippen molar-refractivity contribution in [1.82, 2.24) is 9.97 Å². The number of anilines is 1. The van der Waals surface area contributed by atoms with Crippen LogP contribution in [-0.2, 0) is 17.6 Å². The van der Waals surface area contributed by atoms with Crippen molar-refractivity contribution in [2.24, 2.45) is 5.73 Å². The molecule has 0 bridgehead atoms. The Hall–Kier alpha value is -2.82. The number of hydrogen-bond acceptors (Lipinski definition) is 7. The van der Waals surface area contributed by atoms with E-state index in [9.17, 15) is 14.0 Å². The van der Waals surface area contributed by atoms with Gasteiger partial charge < -0.3 is 11.1 Å². The minimum absolute atomic E-state index is 0.226. The second-order valence-corrected chi connectivity index (χ2v) is 11.3. The fourth-order valence-electron chi connectivity index (χ4n) is 4.13.